The van der Waals surface area contributed by atoms with Gasteiger partial charge in [0, 0.05) is 17.7 Å². The van der Waals surface area contributed by atoms with E-state index in [9.17, 15) is 4.79 Å². The van der Waals surface area contributed by atoms with Crippen LogP contribution in [0.4, 0.5) is 0 Å². The molecule has 0 bridgehead atoms. The second-order valence-electron chi connectivity index (χ2n) is 7.54. The zero-order chi connectivity index (χ0) is 17.8. The summed E-state index contributed by atoms with van der Waals surface area (Å²) >= 11 is 0. The Labute approximate surface area is 151 Å². The van der Waals surface area contributed by atoms with E-state index in [4.69, 9.17) is 20.4 Å². The predicted molar refractivity (Wildman–Crippen MR) is 102 cm³/mol. The smallest absolute Gasteiger partial charge is 0.332 e. The minimum Gasteiger partial charge on any atom is -0.450 e. The molecule has 5 heteroatoms. The summed E-state index contributed by atoms with van der Waals surface area (Å²) in [4.78, 5) is 14.7. The number of ether oxygens (including phenoxy) is 1. The molecule has 4 rings (SSSR count). The van der Waals surface area contributed by atoms with E-state index in [2.05, 4.69) is 17.9 Å². The molecule has 4 radical (unpaired) electrons. The van der Waals surface area contributed by atoms with Gasteiger partial charge in [0.25, 0.3) is 0 Å². The van der Waals surface area contributed by atoms with Crippen LogP contribution in [0.25, 0.3) is 5.57 Å². The molecule has 0 amide bonds. The van der Waals surface area contributed by atoms with Gasteiger partial charge in [0.2, 0.25) is 0 Å². The second-order valence-corrected chi connectivity index (χ2v) is 7.54. The molecule has 0 N–H and O–H groups in total. The fourth-order valence-corrected chi connectivity index (χ4v) is 4.69. The number of hydrogen-bond acceptors (Lipinski definition) is 3. The van der Waals surface area contributed by atoms with E-state index in [1.807, 2.05) is 19.1 Å². The summed E-state index contributed by atoms with van der Waals surface area (Å²) < 4.78 is 5.89. The molecule has 25 heavy (non-hydrogen) atoms. The van der Waals surface area contributed by atoms with Gasteiger partial charge in [0.1, 0.15) is 15.7 Å². The van der Waals surface area contributed by atoms with Crippen LogP contribution in [-0.2, 0) is 9.53 Å². The summed E-state index contributed by atoms with van der Waals surface area (Å²) in [6.45, 7) is 5.28. The largest absolute Gasteiger partial charge is 0.450 e. The van der Waals surface area contributed by atoms with Gasteiger partial charge in [0.15, 0.2) is 5.60 Å². The van der Waals surface area contributed by atoms with Crippen molar-refractivity contribution in [2.45, 2.75) is 50.8 Å². The fraction of sp³-hybridized carbons (Fsp3) is 0.450. The highest BCUT2D eigenvalue weighted by Gasteiger charge is 2.51. The van der Waals surface area contributed by atoms with Crippen LogP contribution in [-0.4, -0.2) is 50.8 Å². The monoisotopic (exact) mass is 329 g/mol. The maximum atomic E-state index is 12.2. The van der Waals surface area contributed by atoms with Crippen LogP contribution in [0, 0.1) is 0 Å². The molecule has 0 spiro atoms. The van der Waals surface area contributed by atoms with Crippen molar-refractivity contribution in [3.63, 3.8) is 0 Å². The molecule has 1 saturated heterocycles. The minimum absolute atomic E-state index is 0.195. The first-order valence-corrected chi connectivity index (χ1v) is 8.98. The van der Waals surface area contributed by atoms with E-state index in [-0.39, 0.29) is 18.1 Å². The second kappa shape index (κ2) is 5.91. The highest BCUT2D eigenvalue weighted by molar-refractivity contribution is 6.38. The van der Waals surface area contributed by atoms with Crippen molar-refractivity contribution in [2.75, 3.05) is 6.54 Å². The molecular weight excluding hydrogens is 308 g/mol. The lowest BCUT2D eigenvalue weighted by atomic mass is 9.77. The van der Waals surface area contributed by atoms with Gasteiger partial charge >= 0.3 is 5.97 Å². The van der Waals surface area contributed by atoms with E-state index in [1.54, 1.807) is 12.1 Å². The van der Waals surface area contributed by atoms with Gasteiger partial charge in [-0.15, -0.1) is 0 Å². The third kappa shape index (κ3) is 2.69. The molecule has 3 heterocycles. The highest BCUT2D eigenvalue weighted by atomic mass is 16.6. The summed E-state index contributed by atoms with van der Waals surface area (Å²) in [7, 11) is 12.0. The van der Waals surface area contributed by atoms with Crippen molar-refractivity contribution in [2.24, 2.45) is 0 Å². The van der Waals surface area contributed by atoms with Crippen LogP contribution in [0.1, 0.15) is 38.7 Å². The van der Waals surface area contributed by atoms with Gasteiger partial charge in [-0.3, -0.25) is 4.90 Å². The average molecular weight is 329 g/mol. The van der Waals surface area contributed by atoms with Crippen molar-refractivity contribution in [1.29, 1.82) is 0 Å². The Morgan fingerprint density at radius 3 is 2.64 bits per heavy atom. The van der Waals surface area contributed by atoms with Crippen LogP contribution in [0.5, 0.6) is 0 Å². The Morgan fingerprint density at radius 1 is 1.20 bits per heavy atom. The van der Waals surface area contributed by atoms with Crippen LogP contribution >= 0.6 is 0 Å². The summed E-state index contributed by atoms with van der Waals surface area (Å²) in [5.74, 6) is -0.264. The van der Waals surface area contributed by atoms with Crippen LogP contribution in [0.2, 0.25) is 0 Å². The number of carbonyl (C=O) groups excluding carboxylic acids is 1. The van der Waals surface area contributed by atoms with Crippen molar-refractivity contribution >= 4 is 38.2 Å². The minimum atomic E-state index is -0.631. The zero-order valence-corrected chi connectivity index (χ0v) is 14.8. The average Bonchev–Trinajstić information content (AvgIpc) is 2.82. The molecule has 1 aromatic rings. The van der Waals surface area contributed by atoms with Crippen LogP contribution in [0.3, 0.4) is 0 Å². The molecule has 0 aliphatic carbocycles. The lowest BCUT2D eigenvalue weighted by Crippen LogP contribution is -2.55. The molecule has 3 aliphatic rings. The predicted octanol–water partition coefficient (Wildman–Crippen LogP) is 1.16. The van der Waals surface area contributed by atoms with Gasteiger partial charge in [0.05, 0.1) is 6.04 Å². The summed E-state index contributed by atoms with van der Waals surface area (Å²) in [5.41, 5.74) is 3.52. The SMILES string of the molecule is [B]c1cc([B])cc(C2=C[C@H](C)N3CCCC[C@@H]3[C@@]3(C)OC(=O)C=C23)c1. The van der Waals surface area contributed by atoms with Crippen LogP contribution < -0.4 is 10.9 Å². The van der Waals surface area contributed by atoms with Gasteiger partial charge < -0.3 is 4.74 Å². The molecule has 3 nitrogen and oxygen atoms in total. The Morgan fingerprint density at radius 2 is 1.92 bits per heavy atom. The third-order valence-corrected chi connectivity index (χ3v) is 5.80. The highest BCUT2D eigenvalue weighted by Crippen LogP contribution is 2.46. The van der Waals surface area contributed by atoms with Crippen molar-refractivity contribution < 1.29 is 9.53 Å². The summed E-state index contributed by atoms with van der Waals surface area (Å²) in [6, 6.07) is 6.04. The van der Waals surface area contributed by atoms with Gasteiger partial charge in [-0.05, 0) is 44.4 Å². The first kappa shape index (κ1) is 16.7. The lowest BCUT2D eigenvalue weighted by molar-refractivity contribution is -0.151. The first-order valence-electron chi connectivity index (χ1n) is 8.98. The number of fused-ring (bicyclic) bond motifs is 3. The quantitative estimate of drug-likeness (QED) is 0.572. The van der Waals surface area contributed by atoms with Gasteiger partial charge in [-0.25, -0.2) is 4.79 Å². The molecule has 3 aliphatic heterocycles. The molecule has 3 atom stereocenters. The van der Waals surface area contributed by atoms with Gasteiger partial charge in [-0.2, -0.15) is 0 Å². The molecule has 0 saturated carbocycles. The fourth-order valence-electron chi connectivity index (χ4n) is 4.69. The van der Waals surface area contributed by atoms with E-state index < -0.39 is 5.60 Å². The van der Waals surface area contributed by atoms with E-state index in [1.165, 1.54) is 6.42 Å². The van der Waals surface area contributed by atoms with E-state index in [0.29, 0.717) is 10.9 Å². The lowest BCUT2D eigenvalue weighted by Gasteiger charge is -2.45. The maximum Gasteiger partial charge on any atom is 0.332 e. The Balaban J connectivity index is 1.90. The maximum absolute atomic E-state index is 12.2. The molecular formula is C20H21B2NO2. The molecule has 1 aromatic carbocycles. The number of esters is 1. The Kier molecular flexibility index (Phi) is 3.95. The number of rotatable bonds is 1. The van der Waals surface area contributed by atoms with Crippen molar-refractivity contribution in [3.05, 3.63) is 41.5 Å². The Hall–Kier alpha value is -1.74. The number of hydrogen-bond donors (Lipinski definition) is 0. The van der Waals surface area contributed by atoms with E-state index in [0.717, 1.165) is 36.1 Å². The summed E-state index contributed by atoms with van der Waals surface area (Å²) in [5, 5.41) is 0. The summed E-state index contributed by atoms with van der Waals surface area (Å²) in [6.07, 6.45) is 7.25. The zero-order valence-electron chi connectivity index (χ0n) is 14.8. The number of nitrogens with zero attached hydrogens (tertiary/aromatic N) is 1. The third-order valence-electron chi connectivity index (χ3n) is 5.80. The van der Waals surface area contributed by atoms with E-state index >= 15 is 0 Å². The number of piperidine rings is 1. The molecule has 0 aromatic heterocycles. The molecule has 0 unspecified atom stereocenters. The first-order chi connectivity index (χ1) is 11.9. The van der Waals surface area contributed by atoms with Crippen molar-refractivity contribution in [1.82, 2.24) is 4.90 Å². The standard InChI is InChI=1S/C20H21B2NO2/c1-12-7-16(13-8-14(21)10-15(22)9-13)17-11-19(24)25-20(17,2)18-5-3-4-6-23(12)18/h7-12,18H,3-6H2,1-2H3/t12-,18+,20-/m0/s1. The number of benzene rings is 1. The topological polar surface area (TPSA) is 29.5 Å². The van der Waals surface area contributed by atoms with Crippen LogP contribution in [0.15, 0.2) is 35.9 Å². The van der Waals surface area contributed by atoms with Gasteiger partial charge in [-0.1, -0.05) is 41.6 Å². The number of carbonyl (C=O) groups is 1. The van der Waals surface area contributed by atoms with Crippen molar-refractivity contribution in [3.8, 4) is 0 Å². The molecule has 1 fully saturated rings. The normalized spacial score (nSPS) is 32.2. The Bertz CT molecular complexity index is 781. The molecule has 124 valence electrons.